The minimum absolute atomic E-state index is 0.0321. The van der Waals surface area contributed by atoms with Crippen LogP contribution >= 0.6 is 0 Å². The third-order valence-electron chi connectivity index (χ3n) is 8.11. The Hall–Kier alpha value is -2.41. The molecule has 1 aromatic carbocycles. The van der Waals surface area contributed by atoms with Crippen LogP contribution in [-0.4, -0.2) is 73.6 Å². The highest BCUT2D eigenvalue weighted by Crippen LogP contribution is 2.45. The number of esters is 1. The van der Waals surface area contributed by atoms with E-state index in [1.54, 1.807) is 7.11 Å². The minimum Gasteiger partial charge on any atom is -0.469 e. The van der Waals surface area contributed by atoms with Gasteiger partial charge in [-0.2, -0.15) is 0 Å². The van der Waals surface area contributed by atoms with Crippen LogP contribution in [0.4, 0.5) is 0 Å². The lowest BCUT2D eigenvalue weighted by Gasteiger charge is -2.47. The van der Waals surface area contributed by atoms with Gasteiger partial charge in [0.15, 0.2) is 0 Å². The molecule has 2 amide bonds. The summed E-state index contributed by atoms with van der Waals surface area (Å²) in [5.74, 6) is -0.417. The molecule has 2 aliphatic heterocycles. The number of methoxy groups -OCH3 is 2. The number of hydrogen-bond donors (Lipinski definition) is 0. The third kappa shape index (κ3) is 4.52. The highest BCUT2D eigenvalue weighted by Gasteiger charge is 2.57. The van der Waals surface area contributed by atoms with Crippen LogP contribution in [0.1, 0.15) is 56.4 Å². The first-order chi connectivity index (χ1) is 16.0. The molecule has 3 fully saturated rings. The van der Waals surface area contributed by atoms with Gasteiger partial charge in [0.05, 0.1) is 31.1 Å². The molecule has 2 unspecified atom stereocenters. The molecule has 2 saturated heterocycles. The van der Waals surface area contributed by atoms with Crippen molar-refractivity contribution in [1.29, 1.82) is 0 Å². The summed E-state index contributed by atoms with van der Waals surface area (Å²) in [5.41, 5.74) is 0.495. The van der Waals surface area contributed by atoms with Gasteiger partial charge in [-0.1, -0.05) is 43.2 Å². The second-order valence-electron chi connectivity index (χ2n) is 9.68. The molecule has 0 bridgehead atoms. The molecule has 4 rings (SSSR count). The van der Waals surface area contributed by atoms with Crippen LogP contribution in [0.5, 0.6) is 0 Å². The van der Waals surface area contributed by atoms with Crippen LogP contribution in [-0.2, 0) is 23.9 Å². The summed E-state index contributed by atoms with van der Waals surface area (Å²) in [6, 6.07) is 10.1. The van der Waals surface area contributed by atoms with E-state index in [2.05, 4.69) is 12.1 Å². The third-order valence-corrected chi connectivity index (χ3v) is 8.11. The number of carbonyl (C=O) groups excluding carboxylic acids is 3. The first-order valence-electron chi connectivity index (χ1n) is 12.2. The smallest absolute Gasteiger partial charge is 0.311 e. The van der Waals surface area contributed by atoms with Crippen molar-refractivity contribution < 1.29 is 23.9 Å². The summed E-state index contributed by atoms with van der Waals surface area (Å²) in [6.07, 6.45) is 5.88. The Morgan fingerprint density at radius 3 is 2.36 bits per heavy atom. The zero-order chi connectivity index (χ0) is 23.4. The lowest BCUT2D eigenvalue weighted by molar-refractivity contribution is -0.151. The van der Waals surface area contributed by atoms with Crippen LogP contribution in [0.15, 0.2) is 30.3 Å². The van der Waals surface area contributed by atoms with E-state index in [9.17, 15) is 14.4 Å². The molecular formula is C26H36N2O5. The van der Waals surface area contributed by atoms with E-state index in [0.29, 0.717) is 45.0 Å². The van der Waals surface area contributed by atoms with Gasteiger partial charge in [0.25, 0.3) is 0 Å². The quantitative estimate of drug-likeness (QED) is 0.590. The molecule has 180 valence electrons. The van der Waals surface area contributed by atoms with Gasteiger partial charge in [0.2, 0.25) is 11.8 Å². The summed E-state index contributed by atoms with van der Waals surface area (Å²) in [5, 5.41) is 0. The van der Waals surface area contributed by atoms with Gasteiger partial charge in [-0.25, -0.2) is 0 Å². The summed E-state index contributed by atoms with van der Waals surface area (Å²) in [7, 11) is 2.99. The Labute approximate surface area is 196 Å². The average molecular weight is 457 g/mol. The lowest BCUT2D eigenvalue weighted by atomic mass is 9.76. The molecule has 0 aromatic heterocycles. The Morgan fingerprint density at radius 2 is 1.76 bits per heavy atom. The van der Waals surface area contributed by atoms with Crippen LogP contribution in [0.25, 0.3) is 0 Å². The molecule has 1 aromatic rings. The fraction of sp³-hybridized carbons (Fsp3) is 0.654. The number of nitrogens with zero attached hydrogens (tertiary/aromatic N) is 2. The van der Waals surface area contributed by atoms with E-state index >= 15 is 0 Å². The Balaban J connectivity index is 1.54. The zero-order valence-corrected chi connectivity index (χ0v) is 19.8. The Kier molecular flexibility index (Phi) is 7.37. The molecule has 1 spiro atoms. The predicted octanol–water partition coefficient (Wildman–Crippen LogP) is 2.99. The minimum atomic E-state index is -0.602. The predicted molar refractivity (Wildman–Crippen MR) is 123 cm³/mol. The summed E-state index contributed by atoms with van der Waals surface area (Å²) in [6.45, 7) is 1.95. The van der Waals surface area contributed by atoms with Crippen molar-refractivity contribution in [3.8, 4) is 0 Å². The molecule has 0 radical (unpaired) electrons. The van der Waals surface area contributed by atoms with Crippen molar-refractivity contribution in [2.75, 3.05) is 40.5 Å². The number of rotatable bonds is 7. The van der Waals surface area contributed by atoms with Gasteiger partial charge < -0.3 is 19.3 Å². The summed E-state index contributed by atoms with van der Waals surface area (Å²) >= 11 is 0. The molecule has 7 nitrogen and oxygen atoms in total. The number of likely N-dealkylation sites (tertiary alicyclic amines) is 2. The molecule has 1 saturated carbocycles. The van der Waals surface area contributed by atoms with E-state index in [1.807, 2.05) is 28.0 Å². The van der Waals surface area contributed by atoms with Crippen LogP contribution in [0.3, 0.4) is 0 Å². The van der Waals surface area contributed by atoms with Crippen molar-refractivity contribution in [3.05, 3.63) is 35.9 Å². The fourth-order valence-electron chi connectivity index (χ4n) is 6.38. The van der Waals surface area contributed by atoms with Crippen molar-refractivity contribution in [2.45, 2.75) is 56.4 Å². The van der Waals surface area contributed by atoms with E-state index in [1.165, 1.54) is 20.0 Å². The van der Waals surface area contributed by atoms with Crippen molar-refractivity contribution >= 4 is 17.8 Å². The maximum Gasteiger partial charge on any atom is 0.311 e. The molecule has 33 heavy (non-hydrogen) atoms. The number of hydrogen-bond acceptors (Lipinski definition) is 5. The number of carbonyl (C=O) groups is 3. The standard InChI is InChI=1S/C26H36N2O5/c1-32-17-16-28-22(29)18-21(25(31)33-2)26(28)12-14-27(15-13-26)24(30)23(20-10-6-7-11-20)19-8-4-3-5-9-19/h3-5,8-9,20-21,23H,6-7,10-18H2,1-2H3. The summed E-state index contributed by atoms with van der Waals surface area (Å²) in [4.78, 5) is 43.1. The van der Waals surface area contributed by atoms with Crippen LogP contribution < -0.4 is 0 Å². The SMILES string of the molecule is COCCN1C(=O)CC(C(=O)OC)C12CCN(C(=O)C(c1ccccc1)C1CCCC1)CC2. The molecule has 3 aliphatic rings. The molecular weight excluding hydrogens is 420 g/mol. The van der Waals surface area contributed by atoms with E-state index in [0.717, 1.165) is 18.4 Å². The maximum atomic E-state index is 13.8. The van der Waals surface area contributed by atoms with Crippen molar-refractivity contribution in [2.24, 2.45) is 11.8 Å². The molecule has 1 aliphatic carbocycles. The van der Waals surface area contributed by atoms with Gasteiger partial charge in [-0.15, -0.1) is 0 Å². The highest BCUT2D eigenvalue weighted by atomic mass is 16.5. The first kappa shape index (κ1) is 23.7. The van der Waals surface area contributed by atoms with Gasteiger partial charge in [-0.05, 0) is 37.2 Å². The average Bonchev–Trinajstić information content (AvgIpc) is 3.46. The molecule has 2 heterocycles. The van der Waals surface area contributed by atoms with Crippen molar-refractivity contribution in [3.63, 3.8) is 0 Å². The number of ether oxygens (including phenoxy) is 2. The maximum absolute atomic E-state index is 13.8. The van der Waals surface area contributed by atoms with E-state index in [-0.39, 0.29) is 30.1 Å². The first-order valence-corrected chi connectivity index (χ1v) is 12.2. The van der Waals surface area contributed by atoms with Gasteiger partial charge in [-0.3, -0.25) is 14.4 Å². The molecule has 2 atom stereocenters. The van der Waals surface area contributed by atoms with Crippen LogP contribution in [0, 0.1) is 11.8 Å². The number of amides is 2. The van der Waals surface area contributed by atoms with Crippen LogP contribution in [0.2, 0.25) is 0 Å². The van der Waals surface area contributed by atoms with Gasteiger partial charge in [0.1, 0.15) is 0 Å². The number of piperidine rings is 1. The topological polar surface area (TPSA) is 76.2 Å². The molecule has 7 heteroatoms. The Morgan fingerprint density at radius 1 is 1.09 bits per heavy atom. The largest absolute Gasteiger partial charge is 0.469 e. The normalized spacial score (nSPS) is 23.8. The zero-order valence-electron chi connectivity index (χ0n) is 19.8. The Bertz CT molecular complexity index is 843. The second kappa shape index (κ2) is 10.2. The number of benzene rings is 1. The highest BCUT2D eigenvalue weighted by molar-refractivity contribution is 5.89. The lowest BCUT2D eigenvalue weighted by Crippen LogP contribution is -2.59. The van der Waals surface area contributed by atoms with Gasteiger partial charge >= 0.3 is 5.97 Å². The fourth-order valence-corrected chi connectivity index (χ4v) is 6.38. The monoisotopic (exact) mass is 456 g/mol. The molecule has 0 N–H and O–H groups in total. The van der Waals surface area contributed by atoms with E-state index in [4.69, 9.17) is 9.47 Å². The second-order valence-corrected chi connectivity index (χ2v) is 9.68. The summed E-state index contributed by atoms with van der Waals surface area (Å²) < 4.78 is 10.3. The van der Waals surface area contributed by atoms with Gasteiger partial charge in [0, 0.05) is 33.2 Å². The van der Waals surface area contributed by atoms with E-state index < -0.39 is 11.5 Å². The van der Waals surface area contributed by atoms with Crippen molar-refractivity contribution in [1.82, 2.24) is 9.80 Å².